The van der Waals surface area contributed by atoms with Crippen molar-refractivity contribution in [3.63, 3.8) is 0 Å². The van der Waals surface area contributed by atoms with E-state index in [0.717, 1.165) is 33.5 Å². The van der Waals surface area contributed by atoms with Crippen LogP contribution in [-0.4, -0.2) is 4.57 Å². The highest BCUT2D eigenvalue weighted by molar-refractivity contribution is 6.25. The van der Waals surface area contributed by atoms with Crippen LogP contribution in [0.5, 0.6) is 5.75 Å². The molecule has 0 bridgehead atoms. The minimum absolute atomic E-state index is 0.756. The molecule has 2 heterocycles. The maximum atomic E-state index is 7.38. The summed E-state index contributed by atoms with van der Waals surface area (Å²) < 4.78 is 9.78. The molecule has 1 aliphatic heterocycles. The summed E-state index contributed by atoms with van der Waals surface area (Å²) >= 11 is 0. The number of hydrogen-bond donors (Lipinski definition) is 0. The number of ether oxygens (including phenoxy) is 1. The van der Waals surface area contributed by atoms with Crippen LogP contribution in [0.4, 0.5) is 0 Å². The predicted molar refractivity (Wildman–Crippen MR) is 171 cm³/mol. The largest absolute Gasteiger partial charge is 0.472 e. The van der Waals surface area contributed by atoms with Gasteiger partial charge in [-0.15, -0.1) is 0 Å². The summed E-state index contributed by atoms with van der Waals surface area (Å²) in [5, 5.41) is 4.82. The minimum atomic E-state index is -0.756. The zero-order chi connectivity index (χ0) is 27.6. The third-order valence-electron chi connectivity index (χ3n) is 8.54. The molecule has 0 N–H and O–H groups in total. The normalized spacial score (nSPS) is 13.9. The summed E-state index contributed by atoms with van der Waals surface area (Å²) in [5.74, 6) is 0.914. The van der Waals surface area contributed by atoms with Crippen molar-refractivity contribution in [2.45, 2.75) is 19.4 Å². The Morgan fingerprint density at radius 1 is 0.561 bits per heavy atom. The zero-order valence-electron chi connectivity index (χ0n) is 23.1. The number of rotatable bonds is 3. The molecule has 0 saturated carbocycles. The second-order valence-electron chi connectivity index (χ2n) is 11.1. The number of fused-ring (bicyclic) bond motifs is 8. The molecule has 0 saturated heterocycles. The molecular formula is C39H29NO. The van der Waals surface area contributed by atoms with Crippen LogP contribution in [0.2, 0.25) is 0 Å². The van der Waals surface area contributed by atoms with E-state index in [1.165, 1.54) is 38.3 Å². The molecule has 1 aromatic heterocycles. The fourth-order valence-corrected chi connectivity index (χ4v) is 6.50. The van der Waals surface area contributed by atoms with E-state index in [9.17, 15) is 0 Å². The molecular weight excluding hydrogens is 498 g/mol. The Hall–Kier alpha value is -5.08. The molecule has 0 fully saturated rings. The first-order valence-corrected chi connectivity index (χ1v) is 14.2. The Kier molecular flexibility index (Phi) is 5.20. The Morgan fingerprint density at radius 2 is 1.12 bits per heavy atom. The summed E-state index contributed by atoms with van der Waals surface area (Å²) in [6, 6.07) is 45.6. The topological polar surface area (TPSA) is 14.2 Å². The lowest BCUT2D eigenvalue weighted by Crippen LogP contribution is -2.34. The Balaban J connectivity index is 1.51. The van der Waals surface area contributed by atoms with Gasteiger partial charge >= 0.3 is 0 Å². The molecule has 6 aromatic carbocycles. The van der Waals surface area contributed by atoms with E-state index in [1.54, 1.807) is 0 Å². The highest BCUT2D eigenvalue weighted by atomic mass is 16.5. The van der Waals surface area contributed by atoms with Crippen LogP contribution in [0.3, 0.4) is 0 Å². The molecule has 0 amide bonds. The van der Waals surface area contributed by atoms with Crippen molar-refractivity contribution in [2.24, 2.45) is 0 Å². The first-order valence-electron chi connectivity index (χ1n) is 14.2. The molecule has 2 nitrogen and oxygen atoms in total. The van der Waals surface area contributed by atoms with Crippen LogP contribution in [-0.2, 0) is 5.60 Å². The second-order valence-corrected chi connectivity index (χ2v) is 11.1. The standard InChI is InChI=1S/C39H29NO/c1-26-16-20-28(21-17-26)39(29-22-18-27(2)19-23-29)25-24-34-37-36(31-12-6-7-13-32(31)38(34)41-39)33-14-8-9-15-35(33)40(37)30-10-4-3-5-11-30/h3-25H,1-2H3. The molecule has 8 rings (SSSR count). The molecule has 0 unspecified atom stereocenters. The maximum absolute atomic E-state index is 7.38. The van der Waals surface area contributed by atoms with E-state index >= 15 is 0 Å². The van der Waals surface area contributed by atoms with Crippen LogP contribution >= 0.6 is 0 Å². The fourth-order valence-electron chi connectivity index (χ4n) is 6.50. The van der Waals surface area contributed by atoms with Gasteiger partial charge in [-0.05, 0) is 49.6 Å². The first-order chi connectivity index (χ1) is 20.1. The van der Waals surface area contributed by atoms with Gasteiger partial charge in [0.2, 0.25) is 0 Å². The number of benzene rings is 6. The summed E-state index contributed by atoms with van der Waals surface area (Å²) in [6.07, 6.45) is 4.55. The van der Waals surface area contributed by atoms with Gasteiger partial charge in [0.25, 0.3) is 0 Å². The van der Waals surface area contributed by atoms with Crippen molar-refractivity contribution in [2.75, 3.05) is 0 Å². The lowest BCUT2D eigenvalue weighted by atomic mass is 9.82. The van der Waals surface area contributed by atoms with Crippen molar-refractivity contribution in [3.05, 3.63) is 161 Å². The summed E-state index contributed by atoms with van der Waals surface area (Å²) in [5.41, 5.74) is 8.53. The lowest BCUT2D eigenvalue weighted by molar-refractivity contribution is 0.164. The van der Waals surface area contributed by atoms with Gasteiger partial charge < -0.3 is 9.30 Å². The molecule has 0 atom stereocenters. The molecule has 0 radical (unpaired) electrons. The molecule has 0 spiro atoms. The van der Waals surface area contributed by atoms with Crippen molar-refractivity contribution in [1.29, 1.82) is 0 Å². The lowest BCUT2D eigenvalue weighted by Gasteiger charge is -2.37. The van der Waals surface area contributed by atoms with Crippen molar-refractivity contribution in [3.8, 4) is 11.4 Å². The van der Waals surface area contributed by atoms with Gasteiger partial charge in [0.1, 0.15) is 5.75 Å². The highest BCUT2D eigenvalue weighted by Crippen LogP contribution is 2.50. The zero-order valence-corrected chi connectivity index (χ0v) is 23.1. The van der Waals surface area contributed by atoms with Gasteiger partial charge in [0, 0.05) is 38.5 Å². The maximum Gasteiger partial charge on any atom is 0.178 e. The summed E-state index contributed by atoms with van der Waals surface area (Å²) in [7, 11) is 0. The number of aryl methyl sites for hydroxylation is 2. The van der Waals surface area contributed by atoms with E-state index in [4.69, 9.17) is 4.74 Å². The highest BCUT2D eigenvalue weighted by Gasteiger charge is 2.39. The summed E-state index contributed by atoms with van der Waals surface area (Å²) in [4.78, 5) is 0. The van der Waals surface area contributed by atoms with E-state index in [0.29, 0.717) is 0 Å². The van der Waals surface area contributed by atoms with Crippen LogP contribution in [0.15, 0.2) is 133 Å². The van der Waals surface area contributed by atoms with Gasteiger partial charge in [0.15, 0.2) is 5.60 Å². The van der Waals surface area contributed by atoms with Crippen LogP contribution in [0, 0.1) is 13.8 Å². The molecule has 196 valence electrons. The van der Waals surface area contributed by atoms with Crippen molar-refractivity contribution >= 4 is 38.7 Å². The first kappa shape index (κ1) is 23.8. The van der Waals surface area contributed by atoms with Crippen LogP contribution < -0.4 is 4.74 Å². The van der Waals surface area contributed by atoms with Gasteiger partial charge in [-0.3, -0.25) is 0 Å². The van der Waals surface area contributed by atoms with Crippen LogP contribution in [0.1, 0.15) is 27.8 Å². The SMILES string of the molecule is Cc1ccc(C2(c3ccc(C)cc3)C=Cc3c(c4ccccc4c4c5ccccc5n(-c5ccccc5)c34)O2)cc1. The van der Waals surface area contributed by atoms with Crippen molar-refractivity contribution < 1.29 is 4.74 Å². The van der Waals surface area contributed by atoms with Gasteiger partial charge in [-0.2, -0.15) is 0 Å². The number of hydrogen-bond acceptors (Lipinski definition) is 1. The van der Waals surface area contributed by atoms with Crippen molar-refractivity contribution in [1.82, 2.24) is 4.57 Å². The molecule has 41 heavy (non-hydrogen) atoms. The molecule has 2 heteroatoms. The smallest absolute Gasteiger partial charge is 0.178 e. The van der Waals surface area contributed by atoms with E-state index in [1.807, 2.05) is 0 Å². The second kappa shape index (κ2) is 8.97. The predicted octanol–water partition coefficient (Wildman–Crippen LogP) is 9.90. The van der Waals surface area contributed by atoms with E-state index in [-0.39, 0.29) is 0 Å². The minimum Gasteiger partial charge on any atom is -0.472 e. The van der Waals surface area contributed by atoms with E-state index < -0.39 is 5.60 Å². The van der Waals surface area contributed by atoms with Gasteiger partial charge in [0.05, 0.1) is 11.0 Å². The Morgan fingerprint density at radius 3 is 1.78 bits per heavy atom. The molecule has 0 aliphatic carbocycles. The number of para-hydroxylation sites is 2. The fraction of sp³-hybridized carbons (Fsp3) is 0.0769. The monoisotopic (exact) mass is 527 g/mol. The van der Waals surface area contributed by atoms with Gasteiger partial charge in [-0.25, -0.2) is 0 Å². The third kappa shape index (κ3) is 3.50. The summed E-state index contributed by atoms with van der Waals surface area (Å²) in [6.45, 7) is 4.25. The Labute approximate surface area is 239 Å². The average molecular weight is 528 g/mol. The molecule has 1 aliphatic rings. The number of nitrogens with zero attached hydrogens (tertiary/aromatic N) is 1. The average Bonchev–Trinajstić information content (AvgIpc) is 3.37. The Bertz CT molecular complexity index is 2070. The van der Waals surface area contributed by atoms with Crippen LogP contribution in [0.25, 0.3) is 44.3 Å². The molecule has 7 aromatic rings. The number of aromatic nitrogens is 1. The van der Waals surface area contributed by atoms with E-state index in [2.05, 4.69) is 158 Å². The quantitative estimate of drug-likeness (QED) is 0.223. The van der Waals surface area contributed by atoms with Gasteiger partial charge in [-0.1, -0.05) is 120 Å². The third-order valence-corrected chi connectivity index (χ3v) is 8.54.